The van der Waals surface area contributed by atoms with Gasteiger partial charge in [-0.25, -0.2) is 0 Å². The molecule has 0 amide bonds. The van der Waals surface area contributed by atoms with Crippen LogP contribution in [0.4, 0.5) is 0 Å². The topological polar surface area (TPSA) is 99.1 Å². The van der Waals surface area contributed by atoms with Gasteiger partial charge in [0.15, 0.2) is 5.15 Å². The van der Waals surface area contributed by atoms with E-state index in [1.54, 1.807) is 54.6 Å². The number of halogens is 5. The highest BCUT2D eigenvalue weighted by Gasteiger charge is 2.22. The molecule has 0 aliphatic heterocycles. The van der Waals surface area contributed by atoms with Crippen molar-refractivity contribution in [1.29, 1.82) is 10.5 Å². The maximum atomic E-state index is 9.55. The number of nitriles is 2. The largest absolute Gasteiger partial charge is 0.197 e. The number of hydrogen-bond donors (Lipinski definition) is 0. The first-order valence-electron chi connectivity index (χ1n) is 12.0. The van der Waals surface area contributed by atoms with Gasteiger partial charge in [-0.2, -0.15) is 20.7 Å². The summed E-state index contributed by atoms with van der Waals surface area (Å²) in [6.45, 7) is 0. The highest BCUT2D eigenvalue weighted by atomic mass is 35.5. The molecule has 0 fully saturated rings. The van der Waals surface area contributed by atoms with Gasteiger partial charge in [0.2, 0.25) is 0 Å². The summed E-state index contributed by atoms with van der Waals surface area (Å²) >= 11 is 31.7. The van der Waals surface area contributed by atoms with E-state index < -0.39 is 11.8 Å². The zero-order valence-corrected chi connectivity index (χ0v) is 25.9. The van der Waals surface area contributed by atoms with Crippen molar-refractivity contribution >= 4 is 69.8 Å². The molecule has 5 rings (SSSR count). The molecule has 0 aliphatic carbocycles. The third kappa shape index (κ3) is 7.91. The van der Waals surface area contributed by atoms with E-state index in [0.29, 0.717) is 42.6 Å². The van der Waals surface area contributed by atoms with Gasteiger partial charge in [-0.1, -0.05) is 100 Å². The van der Waals surface area contributed by atoms with Crippen molar-refractivity contribution in [3.05, 3.63) is 139 Å². The standard InChI is InChI=1S/C18H11Cl2N3S.C12H6Cl3N3/c19-14-7-4-8-15(20)18(14)13(11-21)16-9-10-17(23-22-16)24-12-5-2-1-3-6-12;13-8-2-1-3-9(14)12(8)7(6-16)10-4-5-11(15)18-17-10/h1-10,13H;1-5,7H. The van der Waals surface area contributed by atoms with Crippen LogP contribution in [0.1, 0.15) is 34.4 Å². The van der Waals surface area contributed by atoms with Gasteiger partial charge < -0.3 is 0 Å². The van der Waals surface area contributed by atoms with Crippen LogP contribution in [0.3, 0.4) is 0 Å². The van der Waals surface area contributed by atoms with Gasteiger partial charge in [0, 0.05) is 36.1 Å². The van der Waals surface area contributed by atoms with E-state index in [4.69, 9.17) is 58.0 Å². The molecule has 2 unspecified atom stereocenters. The second kappa shape index (κ2) is 15.2. The Bertz CT molecular complexity index is 1700. The molecule has 0 radical (unpaired) electrons. The highest BCUT2D eigenvalue weighted by Crippen LogP contribution is 2.36. The average molecular weight is 671 g/mol. The monoisotopic (exact) mass is 668 g/mol. The molecule has 12 heteroatoms. The second-order valence-corrected chi connectivity index (χ2v) is 11.5. The zero-order chi connectivity index (χ0) is 30.1. The van der Waals surface area contributed by atoms with Crippen molar-refractivity contribution in [2.75, 3.05) is 0 Å². The number of aromatic nitrogens is 4. The molecule has 3 aromatic carbocycles. The van der Waals surface area contributed by atoms with E-state index in [9.17, 15) is 10.5 Å². The third-order valence-corrected chi connectivity index (χ3v) is 8.16. The lowest BCUT2D eigenvalue weighted by atomic mass is 9.97. The lowest BCUT2D eigenvalue weighted by Gasteiger charge is -2.12. The first kappa shape index (κ1) is 31.5. The molecular weight excluding hydrogens is 654 g/mol. The van der Waals surface area contributed by atoms with Crippen LogP contribution in [0, 0.1) is 22.7 Å². The highest BCUT2D eigenvalue weighted by molar-refractivity contribution is 7.99. The molecule has 0 spiro atoms. The summed E-state index contributed by atoms with van der Waals surface area (Å²) in [6.07, 6.45) is 0. The number of hydrogen-bond acceptors (Lipinski definition) is 7. The molecule has 0 saturated carbocycles. The summed E-state index contributed by atoms with van der Waals surface area (Å²) < 4.78 is 0. The van der Waals surface area contributed by atoms with Crippen LogP contribution in [0.25, 0.3) is 0 Å². The first-order chi connectivity index (χ1) is 20.3. The lowest BCUT2D eigenvalue weighted by molar-refractivity contribution is 0.837. The molecule has 6 nitrogen and oxygen atoms in total. The van der Waals surface area contributed by atoms with Crippen LogP contribution >= 0.6 is 69.8 Å². The van der Waals surface area contributed by atoms with Crippen LogP contribution in [0.5, 0.6) is 0 Å². The van der Waals surface area contributed by atoms with Crippen molar-refractivity contribution in [3.8, 4) is 12.1 Å². The summed E-state index contributed by atoms with van der Waals surface area (Å²) in [6, 6.07) is 31.3. The van der Waals surface area contributed by atoms with Crippen molar-refractivity contribution in [2.45, 2.75) is 21.8 Å². The van der Waals surface area contributed by atoms with Crippen LogP contribution < -0.4 is 0 Å². The van der Waals surface area contributed by atoms with Crippen LogP contribution in [-0.4, -0.2) is 20.4 Å². The molecule has 2 heterocycles. The van der Waals surface area contributed by atoms with Crippen LogP contribution in [0.2, 0.25) is 25.2 Å². The maximum absolute atomic E-state index is 9.55. The van der Waals surface area contributed by atoms with Gasteiger partial charge in [0.05, 0.1) is 23.5 Å². The Morgan fingerprint density at radius 1 is 0.524 bits per heavy atom. The summed E-state index contributed by atoms with van der Waals surface area (Å²) in [5.74, 6) is -1.33. The molecule has 0 N–H and O–H groups in total. The fraction of sp³-hybridized carbons (Fsp3) is 0.0667. The quantitative estimate of drug-likeness (QED) is 0.177. The van der Waals surface area contributed by atoms with E-state index in [-0.39, 0.29) is 5.15 Å². The molecule has 5 aromatic rings. The Balaban J connectivity index is 0.000000201. The van der Waals surface area contributed by atoms with Gasteiger partial charge in [0.1, 0.15) is 16.9 Å². The van der Waals surface area contributed by atoms with Gasteiger partial charge in [-0.15, -0.1) is 10.2 Å². The van der Waals surface area contributed by atoms with Gasteiger partial charge in [-0.3, -0.25) is 0 Å². The molecule has 0 aliphatic rings. The molecule has 0 saturated heterocycles. The second-order valence-electron chi connectivity index (χ2n) is 8.39. The summed E-state index contributed by atoms with van der Waals surface area (Å²) in [5.41, 5.74) is 2.06. The molecule has 2 aromatic heterocycles. The lowest BCUT2D eigenvalue weighted by Crippen LogP contribution is -2.04. The van der Waals surface area contributed by atoms with Gasteiger partial charge in [0.25, 0.3) is 0 Å². The molecule has 0 bridgehead atoms. The molecular formula is C30H17Cl5N6S. The third-order valence-electron chi connectivity index (χ3n) is 5.71. The van der Waals surface area contributed by atoms with Gasteiger partial charge in [-0.05, 0) is 60.7 Å². The Hall–Kier alpha value is -3.40. The van der Waals surface area contributed by atoms with Crippen LogP contribution in [0.15, 0.2) is 101 Å². The smallest absolute Gasteiger partial charge is 0.151 e. The Kier molecular flexibility index (Phi) is 11.4. The van der Waals surface area contributed by atoms with Gasteiger partial charge >= 0.3 is 0 Å². The Labute approximate surface area is 271 Å². The zero-order valence-electron chi connectivity index (χ0n) is 21.3. The molecule has 42 heavy (non-hydrogen) atoms. The summed E-state index contributed by atoms with van der Waals surface area (Å²) in [4.78, 5) is 1.07. The number of rotatable bonds is 6. The normalized spacial score (nSPS) is 11.8. The number of nitrogens with zero attached hydrogens (tertiary/aromatic N) is 6. The number of benzene rings is 3. The minimum absolute atomic E-state index is 0.265. The SMILES string of the molecule is N#CC(c1ccc(Cl)nn1)c1c(Cl)cccc1Cl.N#CC(c1ccc(Sc2ccccc2)nn1)c1c(Cl)cccc1Cl. The average Bonchev–Trinajstić information content (AvgIpc) is 2.99. The minimum atomic E-state index is -0.670. The summed E-state index contributed by atoms with van der Waals surface area (Å²) in [5, 5.41) is 37.6. The molecule has 208 valence electrons. The predicted octanol–water partition coefficient (Wildman–Crippen LogP) is 9.68. The maximum Gasteiger partial charge on any atom is 0.151 e. The van der Waals surface area contributed by atoms with E-state index in [2.05, 4.69) is 32.5 Å². The predicted molar refractivity (Wildman–Crippen MR) is 167 cm³/mol. The minimum Gasteiger partial charge on any atom is -0.197 e. The summed E-state index contributed by atoms with van der Waals surface area (Å²) in [7, 11) is 0. The van der Waals surface area contributed by atoms with E-state index in [1.807, 2.05) is 36.4 Å². The molecule has 2 atom stereocenters. The Morgan fingerprint density at radius 2 is 1.00 bits per heavy atom. The first-order valence-corrected chi connectivity index (χ1v) is 14.8. The van der Waals surface area contributed by atoms with Crippen molar-refractivity contribution in [2.24, 2.45) is 0 Å². The van der Waals surface area contributed by atoms with Crippen molar-refractivity contribution in [1.82, 2.24) is 20.4 Å². The van der Waals surface area contributed by atoms with E-state index in [0.717, 1.165) is 9.92 Å². The fourth-order valence-corrected chi connectivity index (χ4v) is 5.84. The van der Waals surface area contributed by atoms with Crippen LogP contribution in [-0.2, 0) is 0 Å². The fourth-order valence-electron chi connectivity index (χ4n) is 3.76. The van der Waals surface area contributed by atoms with E-state index in [1.165, 1.54) is 11.8 Å². The van der Waals surface area contributed by atoms with Crippen molar-refractivity contribution < 1.29 is 0 Å². The Morgan fingerprint density at radius 3 is 1.40 bits per heavy atom. The van der Waals surface area contributed by atoms with E-state index >= 15 is 0 Å². The van der Waals surface area contributed by atoms with Crippen molar-refractivity contribution in [3.63, 3.8) is 0 Å².